The first-order valence-electron chi connectivity index (χ1n) is 4.66. The first-order chi connectivity index (χ1) is 6.86. The molecule has 0 saturated carbocycles. The van der Waals surface area contributed by atoms with Gasteiger partial charge in [0.15, 0.2) is 0 Å². The third kappa shape index (κ3) is 3.47. The second kappa shape index (κ2) is 5.66. The number of hydrogen-bond donors (Lipinski definition) is 0. The number of methoxy groups -OCH3 is 1. The van der Waals surface area contributed by atoms with Gasteiger partial charge in [-0.25, -0.2) is 0 Å². The summed E-state index contributed by atoms with van der Waals surface area (Å²) in [6.45, 7) is 8.38. The average molecular weight is 214 g/mol. The van der Waals surface area contributed by atoms with E-state index in [1.165, 1.54) is 21.0 Å². The van der Waals surface area contributed by atoms with Crippen LogP contribution in [0.3, 0.4) is 0 Å². The molecule has 0 radical (unpaired) electrons. The van der Waals surface area contributed by atoms with Crippen molar-refractivity contribution in [3.8, 4) is 0 Å². The normalized spacial score (nSPS) is 14.1. The summed E-state index contributed by atoms with van der Waals surface area (Å²) in [4.78, 5) is 22.3. The van der Waals surface area contributed by atoms with E-state index in [2.05, 4.69) is 6.58 Å². The fourth-order valence-corrected chi connectivity index (χ4v) is 1.26. The summed E-state index contributed by atoms with van der Waals surface area (Å²) in [6, 6.07) is 0. The topological polar surface area (TPSA) is 52.6 Å². The van der Waals surface area contributed by atoms with Crippen LogP contribution in [-0.2, 0) is 19.1 Å². The first kappa shape index (κ1) is 13.8. The predicted octanol–water partition coefficient (Wildman–Crippen LogP) is 1.35. The number of carbonyl (C=O) groups excluding carboxylic acids is 2. The Hall–Kier alpha value is -1.16. The first-order valence-corrected chi connectivity index (χ1v) is 4.66. The molecule has 86 valence electrons. The zero-order chi connectivity index (χ0) is 12.1. The van der Waals surface area contributed by atoms with Crippen LogP contribution in [0, 0.1) is 5.41 Å². The highest BCUT2D eigenvalue weighted by molar-refractivity contribution is 5.86. The molecule has 0 saturated heterocycles. The van der Waals surface area contributed by atoms with Gasteiger partial charge in [0.25, 0.3) is 0 Å². The van der Waals surface area contributed by atoms with Gasteiger partial charge in [-0.1, -0.05) is 12.2 Å². The second-order valence-electron chi connectivity index (χ2n) is 3.63. The number of Topliss-reactive ketones (excluding diaryl/α,β-unsaturated/α-hetero) is 1. The van der Waals surface area contributed by atoms with Gasteiger partial charge in [0, 0.05) is 14.0 Å². The maximum atomic E-state index is 11.6. The molecule has 0 aromatic carbocycles. The highest BCUT2D eigenvalue weighted by Crippen LogP contribution is 2.28. The minimum atomic E-state index is -0.916. The molecule has 0 fully saturated rings. The van der Waals surface area contributed by atoms with Crippen LogP contribution in [0.5, 0.6) is 0 Å². The quantitative estimate of drug-likeness (QED) is 0.494. The maximum Gasteiger partial charge on any atom is 0.302 e. The molecule has 0 aromatic heterocycles. The summed E-state index contributed by atoms with van der Waals surface area (Å²) in [5, 5.41) is 0. The lowest BCUT2D eigenvalue weighted by molar-refractivity contribution is -0.147. The fraction of sp³-hybridized carbons (Fsp3) is 0.636. The summed E-state index contributed by atoms with van der Waals surface area (Å²) in [6.07, 6.45) is 0. The van der Waals surface area contributed by atoms with Gasteiger partial charge >= 0.3 is 5.97 Å². The number of hydrogen-bond acceptors (Lipinski definition) is 4. The molecule has 0 N–H and O–H groups in total. The molecule has 4 heteroatoms. The maximum absolute atomic E-state index is 11.6. The summed E-state index contributed by atoms with van der Waals surface area (Å²) >= 11 is 0. The zero-order valence-electron chi connectivity index (χ0n) is 9.75. The molecular weight excluding hydrogens is 196 g/mol. The largest absolute Gasteiger partial charge is 0.464 e. The smallest absolute Gasteiger partial charge is 0.302 e. The van der Waals surface area contributed by atoms with Crippen molar-refractivity contribution in [1.82, 2.24) is 0 Å². The Morgan fingerprint density at radius 1 is 1.20 bits per heavy atom. The molecule has 1 unspecified atom stereocenters. The van der Waals surface area contributed by atoms with E-state index in [4.69, 9.17) is 9.47 Å². The van der Waals surface area contributed by atoms with Gasteiger partial charge < -0.3 is 9.47 Å². The molecule has 0 bridgehead atoms. The van der Waals surface area contributed by atoms with Crippen molar-refractivity contribution in [2.75, 3.05) is 20.3 Å². The van der Waals surface area contributed by atoms with E-state index in [1.54, 1.807) is 6.92 Å². The van der Waals surface area contributed by atoms with Crippen molar-refractivity contribution >= 4 is 11.8 Å². The second-order valence-corrected chi connectivity index (χ2v) is 3.63. The third-order valence-electron chi connectivity index (χ3n) is 2.40. The van der Waals surface area contributed by atoms with Crippen LogP contribution in [0.1, 0.15) is 20.8 Å². The Balaban J connectivity index is 4.87. The number of rotatable bonds is 6. The molecule has 0 heterocycles. The molecule has 1 atom stereocenters. The van der Waals surface area contributed by atoms with Crippen LogP contribution in [0.15, 0.2) is 12.2 Å². The molecule has 0 amide bonds. The summed E-state index contributed by atoms with van der Waals surface area (Å²) in [5.74, 6) is -0.531. The van der Waals surface area contributed by atoms with Gasteiger partial charge in [-0.15, -0.1) is 0 Å². The van der Waals surface area contributed by atoms with Gasteiger partial charge in [-0.3, -0.25) is 9.59 Å². The molecule has 4 nitrogen and oxygen atoms in total. The van der Waals surface area contributed by atoms with Gasteiger partial charge in [0.1, 0.15) is 17.8 Å². The van der Waals surface area contributed by atoms with E-state index in [0.717, 1.165) is 0 Å². The van der Waals surface area contributed by atoms with Crippen molar-refractivity contribution < 1.29 is 19.1 Å². The van der Waals surface area contributed by atoms with Crippen LogP contribution < -0.4 is 0 Å². The molecule has 0 aliphatic heterocycles. The lowest BCUT2D eigenvalue weighted by Gasteiger charge is -2.30. The summed E-state index contributed by atoms with van der Waals surface area (Å²) < 4.78 is 9.87. The van der Waals surface area contributed by atoms with Crippen molar-refractivity contribution in [3.05, 3.63) is 12.2 Å². The summed E-state index contributed by atoms with van der Waals surface area (Å²) in [7, 11) is 1.49. The number of esters is 1. The Bertz CT molecular complexity index is 254. The fourth-order valence-electron chi connectivity index (χ4n) is 1.26. The van der Waals surface area contributed by atoms with Gasteiger partial charge in [0.05, 0.1) is 6.61 Å². The van der Waals surface area contributed by atoms with Gasteiger partial charge in [0.2, 0.25) is 0 Å². The highest BCUT2D eigenvalue weighted by atomic mass is 16.5. The molecule has 0 aromatic rings. The lowest BCUT2D eigenvalue weighted by Crippen LogP contribution is -2.40. The number of ketones is 1. The molecule has 0 spiro atoms. The van der Waals surface area contributed by atoms with E-state index in [9.17, 15) is 9.59 Å². The predicted molar refractivity (Wildman–Crippen MR) is 56.4 cm³/mol. The Morgan fingerprint density at radius 2 is 1.73 bits per heavy atom. The highest BCUT2D eigenvalue weighted by Gasteiger charge is 2.38. The molecule has 15 heavy (non-hydrogen) atoms. The standard InChI is InChI=1S/C11H18O4/c1-8(2)11(6-14-5,9(3)12)7-15-10(4)13/h1,6-7H2,2-5H3. The lowest BCUT2D eigenvalue weighted by atomic mass is 9.79. The van der Waals surface area contributed by atoms with Crippen LogP contribution in [0.25, 0.3) is 0 Å². The van der Waals surface area contributed by atoms with Crippen molar-refractivity contribution in [2.45, 2.75) is 20.8 Å². The molecule has 0 rings (SSSR count). The van der Waals surface area contributed by atoms with Crippen molar-refractivity contribution in [2.24, 2.45) is 5.41 Å². The van der Waals surface area contributed by atoms with Crippen LogP contribution in [-0.4, -0.2) is 32.1 Å². The van der Waals surface area contributed by atoms with E-state index in [0.29, 0.717) is 5.57 Å². The Morgan fingerprint density at radius 3 is 2.00 bits per heavy atom. The van der Waals surface area contributed by atoms with E-state index in [1.807, 2.05) is 0 Å². The molecule has 0 aliphatic carbocycles. The van der Waals surface area contributed by atoms with E-state index >= 15 is 0 Å². The van der Waals surface area contributed by atoms with Crippen molar-refractivity contribution in [3.63, 3.8) is 0 Å². The van der Waals surface area contributed by atoms with E-state index < -0.39 is 11.4 Å². The van der Waals surface area contributed by atoms with Gasteiger partial charge in [-0.2, -0.15) is 0 Å². The van der Waals surface area contributed by atoms with Crippen LogP contribution in [0.4, 0.5) is 0 Å². The average Bonchev–Trinajstić information content (AvgIpc) is 2.10. The molecular formula is C11H18O4. The van der Waals surface area contributed by atoms with Crippen LogP contribution >= 0.6 is 0 Å². The van der Waals surface area contributed by atoms with E-state index in [-0.39, 0.29) is 19.0 Å². The monoisotopic (exact) mass is 214 g/mol. The van der Waals surface area contributed by atoms with Crippen molar-refractivity contribution in [1.29, 1.82) is 0 Å². The minimum Gasteiger partial charge on any atom is -0.464 e. The van der Waals surface area contributed by atoms with Crippen LogP contribution in [0.2, 0.25) is 0 Å². The number of ether oxygens (including phenoxy) is 2. The third-order valence-corrected chi connectivity index (χ3v) is 2.40. The summed E-state index contributed by atoms with van der Waals surface area (Å²) in [5.41, 5.74) is -0.279. The SMILES string of the molecule is C=C(C)C(COC)(COC(C)=O)C(C)=O. The Labute approximate surface area is 90.2 Å². The number of carbonyl (C=O) groups is 2. The zero-order valence-corrected chi connectivity index (χ0v) is 9.75. The minimum absolute atomic E-state index is 0.0131. The van der Waals surface area contributed by atoms with Gasteiger partial charge in [-0.05, 0) is 13.8 Å². The molecule has 0 aliphatic rings. The Kier molecular flexibility index (Phi) is 5.22.